The zero-order valence-electron chi connectivity index (χ0n) is 37.4. The third kappa shape index (κ3) is 5.03. The first-order valence-corrected chi connectivity index (χ1v) is 23.0. The first-order chi connectivity index (χ1) is 28.9. The molecule has 0 saturated heterocycles. The fourth-order valence-electron chi connectivity index (χ4n) is 11.2. The normalized spacial score (nSPS) is 15.2. The van der Waals surface area contributed by atoms with E-state index in [9.17, 15) is 0 Å². The Balaban J connectivity index is 1.22. The van der Waals surface area contributed by atoms with Gasteiger partial charge in [-0.2, -0.15) is 0 Å². The lowest BCUT2D eigenvalue weighted by Gasteiger charge is -2.43. The van der Waals surface area contributed by atoms with Crippen molar-refractivity contribution in [2.24, 2.45) is 0 Å². The SMILES string of the molecule is CC(C)(C)c1ccc(N2B3c4cc(C(C)(C)C)ccc4-n4c5cc6sc7ccccc7c6cc5c5ccc(c3c54)-c3cc4c(cc32)C(C)(C)c2cc(C(C)(C)C)ccc2-4)cc1. The number of nitrogens with zero attached hydrogens (tertiary/aromatic N) is 2. The molecule has 2 aromatic heterocycles. The molecule has 12 rings (SSSR count). The van der Waals surface area contributed by atoms with E-state index in [2.05, 4.69) is 207 Å². The van der Waals surface area contributed by atoms with Gasteiger partial charge in [0.15, 0.2) is 0 Å². The third-order valence-electron chi connectivity index (χ3n) is 14.6. The molecule has 0 amide bonds. The molecule has 3 aliphatic rings. The molecule has 61 heavy (non-hydrogen) atoms. The zero-order chi connectivity index (χ0) is 42.3. The van der Waals surface area contributed by atoms with Crippen molar-refractivity contribution < 1.29 is 0 Å². The Labute approximate surface area is 365 Å². The van der Waals surface area contributed by atoms with E-state index < -0.39 is 0 Å². The zero-order valence-corrected chi connectivity index (χ0v) is 38.2. The summed E-state index contributed by atoms with van der Waals surface area (Å²) in [5, 5.41) is 5.35. The van der Waals surface area contributed by atoms with Crippen LogP contribution in [-0.4, -0.2) is 11.4 Å². The average Bonchev–Trinajstić information content (AvgIpc) is 3.82. The Kier molecular flexibility index (Phi) is 7.24. The summed E-state index contributed by atoms with van der Waals surface area (Å²) in [7, 11) is 0. The first-order valence-electron chi connectivity index (χ1n) is 22.2. The molecule has 300 valence electrons. The molecule has 4 heterocycles. The standard InChI is InChI=1S/C57H53BN2S/c1-54(2,3)32-16-20-35(21-17-32)60-49-30-45-40(36-22-18-33(55(4,5)6)26-44(36)57(45,10)11)28-41(49)38-23-24-39-42-29-43-37-14-12-13-15-50(37)61-51(43)31-48(42)59-47-25-19-34(56(7,8)9)27-46(47)58(60)52(38)53(39)59/h12-31H,1-11H3. The number of hydrogen-bond acceptors (Lipinski definition) is 2. The van der Waals surface area contributed by atoms with Gasteiger partial charge in [-0.25, -0.2) is 0 Å². The highest BCUT2D eigenvalue weighted by atomic mass is 32.1. The number of rotatable bonds is 1. The minimum Gasteiger partial charge on any atom is -0.376 e. The maximum atomic E-state index is 2.72. The van der Waals surface area contributed by atoms with E-state index in [0.717, 1.165) is 0 Å². The smallest absolute Gasteiger partial charge is 0.333 e. The van der Waals surface area contributed by atoms with Gasteiger partial charge >= 0.3 is 6.85 Å². The quantitative estimate of drug-likeness (QED) is 0.150. The van der Waals surface area contributed by atoms with Crippen LogP contribution in [0.25, 0.3) is 69.9 Å². The van der Waals surface area contributed by atoms with Crippen molar-refractivity contribution in [1.29, 1.82) is 0 Å². The second-order valence-electron chi connectivity index (χ2n) is 21.9. The van der Waals surface area contributed by atoms with Gasteiger partial charge in [0.1, 0.15) is 0 Å². The fraction of sp³-hybridized carbons (Fsp3) is 0.263. The van der Waals surface area contributed by atoms with Gasteiger partial charge in [-0.3, -0.25) is 0 Å². The second kappa shape index (κ2) is 11.9. The number of fused-ring (bicyclic) bond motifs is 14. The minimum atomic E-state index is -0.153. The Morgan fingerprint density at radius 3 is 1.89 bits per heavy atom. The summed E-state index contributed by atoms with van der Waals surface area (Å²) < 4.78 is 5.32. The Morgan fingerprint density at radius 1 is 0.492 bits per heavy atom. The molecular formula is C57H53BN2S. The molecule has 0 fully saturated rings. The molecule has 2 nitrogen and oxygen atoms in total. The van der Waals surface area contributed by atoms with Crippen LogP contribution in [0.15, 0.2) is 121 Å². The van der Waals surface area contributed by atoms with Crippen LogP contribution < -0.4 is 15.7 Å². The van der Waals surface area contributed by atoms with Crippen LogP contribution in [0, 0.1) is 0 Å². The van der Waals surface area contributed by atoms with Gasteiger partial charge in [0.05, 0.1) is 11.0 Å². The highest BCUT2D eigenvalue weighted by Crippen LogP contribution is 2.55. The predicted molar refractivity (Wildman–Crippen MR) is 266 cm³/mol. The van der Waals surface area contributed by atoms with Crippen molar-refractivity contribution in [3.63, 3.8) is 0 Å². The van der Waals surface area contributed by atoms with Gasteiger partial charge in [-0.05, 0) is 120 Å². The van der Waals surface area contributed by atoms with Crippen molar-refractivity contribution in [3.8, 4) is 27.9 Å². The lowest BCUT2D eigenvalue weighted by atomic mass is 9.43. The summed E-state index contributed by atoms with van der Waals surface area (Å²) in [6, 6.07) is 48.2. The van der Waals surface area contributed by atoms with Crippen LogP contribution >= 0.6 is 11.3 Å². The molecule has 0 saturated carbocycles. The molecule has 2 aliphatic heterocycles. The summed E-state index contributed by atoms with van der Waals surface area (Å²) in [5.74, 6) is 0. The monoisotopic (exact) mass is 808 g/mol. The number of thiophene rings is 1. The molecular weight excluding hydrogens is 756 g/mol. The van der Waals surface area contributed by atoms with Crippen LogP contribution in [-0.2, 0) is 21.7 Å². The average molecular weight is 809 g/mol. The minimum absolute atomic E-state index is 0.0135. The van der Waals surface area contributed by atoms with Crippen molar-refractivity contribution in [2.45, 2.75) is 97.8 Å². The van der Waals surface area contributed by atoms with Crippen molar-refractivity contribution in [1.82, 2.24) is 4.57 Å². The Morgan fingerprint density at radius 2 is 1.15 bits per heavy atom. The summed E-state index contributed by atoms with van der Waals surface area (Å²) in [4.78, 5) is 2.72. The maximum Gasteiger partial charge on any atom is 0.333 e. The highest BCUT2D eigenvalue weighted by Gasteiger charge is 2.46. The number of hydrogen-bond donors (Lipinski definition) is 0. The van der Waals surface area contributed by atoms with Crippen LogP contribution in [0.1, 0.15) is 104 Å². The van der Waals surface area contributed by atoms with Gasteiger partial charge in [0.2, 0.25) is 0 Å². The van der Waals surface area contributed by atoms with Crippen LogP contribution in [0.3, 0.4) is 0 Å². The summed E-state index contributed by atoms with van der Waals surface area (Å²) >= 11 is 1.91. The molecule has 4 heteroatoms. The molecule has 7 aromatic carbocycles. The van der Waals surface area contributed by atoms with Gasteiger partial charge in [0.25, 0.3) is 0 Å². The number of anilines is 2. The molecule has 1 aliphatic carbocycles. The summed E-state index contributed by atoms with van der Waals surface area (Å²) in [6.45, 7) is 25.9. The predicted octanol–water partition coefficient (Wildman–Crippen LogP) is 14.6. The highest BCUT2D eigenvalue weighted by molar-refractivity contribution is 7.25. The van der Waals surface area contributed by atoms with Gasteiger partial charge < -0.3 is 9.38 Å². The van der Waals surface area contributed by atoms with Gasteiger partial charge in [0, 0.05) is 59.0 Å². The van der Waals surface area contributed by atoms with Crippen molar-refractivity contribution in [3.05, 3.63) is 149 Å². The lowest BCUT2D eigenvalue weighted by molar-refractivity contribution is 0.584. The van der Waals surface area contributed by atoms with Gasteiger partial charge in [-0.1, -0.05) is 149 Å². The van der Waals surface area contributed by atoms with Crippen LogP contribution in [0.2, 0.25) is 0 Å². The Hall–Kier alpha value is -5.58. The van der Waals surface area contributed by atoms with E-state index in [4.69, 9.17) is 0 Å². The molecule has 0 atom stereocenters. The van der Waals surface area contributed by atoms with E-state index in [-0.39, 0.29) is 28.5 Å². The van der Waals surface area contributed by atoms with E-state index in [0.29, 0.717) is 0 Å². The van der Waals surface area contributed by atoms with Crippen LogP contribution in [0.5, 0.6) is 0 Å². The lowest BCUT2D eigenvalue weighted by Crippen LogP contribution is -2.60. The molecule has 0 bridgehead atoms. The number of aromatic nitrogens is 1. The van der Waals surface area contributed by atoms with Crippen LogP contribution in [0.4, 0.5) is 11.4 Å². The molecule has 0 spiro atoms. The second-order valence-corrected chi connectivity index (χ2v) is 22.9. The summed E-state index contributed by atoms with van der Waals surface area (Å²) in [5.41, 5.74) is 21.5. The molecule has 0 unspecified atom stereocenters. The maximum absolute atomic E-state index is 2.72. The van der Waals surface area contributed by atoms with Crippen molar-refractivity contribution in [2.75, 3.05) is 4.81 Å². The molecule has 0 N–H and O–H groups in total. The largest absolute Gasteiger partial charge is 0.376 e. The molecule has 9 aromatic rings. The third-order valence-corrected chi connectivity index (χ3v) is 15.8. The topological polar surface area (TPSA) is 8.17 Å². The van der Waals surface area contributed by atoms with E-state index in [1.54, 1.807) is 0 Å². The number of benzene rings is 7. The Bertz CT molecular complexity index is 3390. The van der Waals surface area contributed by atoms with Gasteiger partial charge in [-0.15, -0.1) is 11.3 Å². The van der Waals surface area contributed by atoms with E-state index >= 15 is 0 Å². The fourth-order valence-corrected chi connectivity index (χ4v) is 12.3. The molecule has 0 radical (unpaired) electrons. The first kappa shape index (κ1) is 37.2. The van der Waals surface area contributed by atoms with E-state index in [1.165, 1.54) is 120 Å². The summed E-state index contributed by atoms with van der Waals surface area (Å²) in [6.07, 6.45) is 0. The van der Waals surface area contributed by atoms with Crippen molar-refractivity contribution >= 4 is 82.5 Å². The van der Waals surface area contributed by atoms with E-state index in [1.807, 2.05) is 11.3 Å².